The summed E-state index contributed by atoms with van der Waals surface area (Å²) in [5.74, 6) is -0.241. The molecule has 2 aromatic rings. The number of hydrogen-bond donors (Lipinski definition) is 0. The van der Waals surface area contributed by atoms with E-state index < -0.39 is 17.8 Å². The number of morpholine rings is 1. The van der Waals surface area contributed by atoms with Gasteiger partial charge < -0.3 is 9.64 Å². The molecule has 1 aromatic heterocycles. The van der Waals surface area contributed by atoms with Crippen LogP contribution in [0, 0.1) is 0 Å². The highest BCUT2D eigenvalue weighted by Gasteiger charge is 2.37. The minimum atomic E-state index is -4.46. The number of carbonyl (C=O) groups excluding carboxylic acids is 1. The largest absolute Gasteiger partial charge is 0.416 e. The van der Waals surface area contributed by atoms with Gasteiger partial charge in [-0.05, 0) is 23.8 Å². The van der Waals surface area contributed by atoms with Crippen LogP contribution >= 0.6 is 0 Å². The fraction of sp³-hybridized carbons (Fsp3) is 0.294. The third kappa shape index (κ3) is 3.41. The smallest absolute Gasteiger partial charge is 0.370 e. The summed E-state index contributed by atoms with van der Waals surface area (Å²) in [5, 5.41) is 0. The van der Waals surface area contributed by atoms with E-state index in [9.17, 15) is 18.0 Å². The zero-order valence-electron chi connectivity index (χ0n) is 12.7. The van der Waals surface area contributed by atoms with Crippen molar-refractivity contribution in [2.75, 3.05) is 19.7 Å². The maximum Gasteiger partial charge on any atom is 0.416 e. The summed E-state index contributed by atoms with van der Waals surface area (Å²) < 4.78 is 45.1. The van der Waals surface area contributed by atoms with Crippen LogP contribution in [0.3, 0.4) is 0 Å². The number of ether oxygens (including phenoxy) is 1. The van der Waals surface area contributed by atoms with E-state index in [4.69, 9.17) is 4.74 Å². The fourth-order valence-corrected chi connectivity index (χ4v) is 2.73. The number of nitrogens with zero attached hydrogens (tertiary/aromatic N) is 2. The Morgan fingerprint density at radius 2 is 1.88 bits per heavy atom. The van der Waals surface area contributed by atoms with Gasteiger partial charge in [-0.15, -0.1) is 0 Å². The van der Waals surface area contributed by atoms with E-state index in [1.165, 1.54) is 35.5 Å². The fourth-order valence-electron chi connectivity index (χ4n) is 2.73. The van der Waals surface area contributed by atoms with Gasteiger partial charge in [0.1, 0.15) is 6.10 Å². The van der Waals surface area contributed by atoms with E-state index >= 15 is 0 Å². The van der Waals surface area contributed by atoms with Crippen molar-refractivity contribution < 1.29 is 22.7 Å². The molecule has 1 aromatic carbocycles. The third-order valence-corrected chi connectivity index (χ3v) is 3.89. The van der Waals surface area contributed by atoms with E-state index in [1.54, 1.807) is 12.1 Å². The van der Waals surface area contributed by atoms with Crippen molar-refractivity contribution in [1.29, 1.82) is 0 Å². The minimum Gasteiger partial charge on any atom is -0.370 e. The van der Waals surface area contributed by atoms with Crippen LogP contribution in [0.15, 0.2) is 48.8 Å². The van der Waals surface area contributed by atoms with Crippen LogP contribution in [-0.4, -0.2) is 35.5 Å². The van der Waals surface area contributed by atoms with Crippen molar-refractivity contribution in [3.05, 3.63) is 65.5 Å². The Morgan fingerprint density at radius 1 is 1.17 bits per heavy atom. The first-order chi connectivity index (χ1) is 11.5. The van der Waals surface area contributed by atoms with Crippen molar-refractivity contribution in [2.24, 2.45) is 0 Å². The number of hydrogen-bond acceptors (Lipinski definition) is 3. The van der Waals surface area contributed by atoms with Crippen LogP contribution in [0.25, 0.3) is 0 Å². The molecule has 0 radical (unpaired) electrons. The van der Waals surface area contributed by atoms with Crippen LogP contribution in [0.2, 0.25) is 0 Å². The van der Waals surface area contributed by atoms with E-state index in [1.807, 2.05) is 0 Å². The van der Waals surface area contributed by atoms with Gasteiger partial charge in [0.2, 0.25) is 0 Å². The number of amides is 1. The summed E-state index contributed by atoms with van der Waals surface area (Å²) in [7, 11) is 0. The molecule has 1 aliphatic heterocycles. The maximum absolute atomic E-state index is 13.2. The molecule has 1 fully saturated rings. The molecular weight excluding hydrogens is 321 g/mol. The highest BCUT2D eigenvalue weighted by Crippen LogP contribution is 2.36. The molecule has 24 heavy (non-hydrogen) atoms. The molecule has 4 nitrogen and oxygen atoms in total. The molecule has 1 unspecified atom stereocenters. The number of alkyl halides is 3. The normalized spacial score (nSPS) is 18.5. The minimum absolute atomic E-state index is 0.0530. The van der Waals surface area contributed by atoms with E-state index in [0.29, 0.717) is 12.1 Å². The Bertz CT molecular complexity index is 719. The first-order valence-electron chi connectivity index (χ1n) is 7.44. The summed E-state index contributed by atoms with van der Waals surface area (Å²) in [5.41, 5.74) is -0.222. The van der Waals surface area contributed by atoms with E-state index in [0.717, 1.165) is 6.07 Å². The second-order valence-electron chi connectivity index (χ2n) is 5.43. The number of benzene rings is 1. The molecular formula is C17H15F3N2O2. The van der Waals surface area contributed by atoms with Crippen molar-refractivity contribution >= 4 is 5.91 Å². The average Bonchev–Trinajstić information content (AvgIpc) is 2.61. The molecule has 0 N–H and O–H groups in total. The summed E-state index contributed by atoms with van der Waals surface area (Å²) >= 11 is 0. The molecule has 1 atom stereocenters. The SMILES string of the molecule is O=C(c1ccncc1)N1CCOC(c2ccccc2C(F)(F)F)C1. The first-order valence-corrected chi connectivity index (χ1v) is 7.44. The molecule has 0 saturated carbocycles. The molecule has 2 heterocycles. The van der Waals surface area contributed by atoms with Crippen LogP contribution in [-0.2, 0) is 10.9 Å². The lowest BCUT2D eigenvalue weighted by atomic mass is 10.0. The molecule has 1 aliphatic rings. The zero-order valence-corrected chi connectivity index (χ0v) is 12.7. The van der Waals surface area contributed by atoms with Gasteiger partial charge in [-0.3, -0.25) is 9.78 Å². The second-order valence-corrected chi connectivity index (χ2v) is 5.43. The lowest BCUT2D eigenvalue weighted by Gasteiger charge is -2.34. The lowest BCUT2D eigenvalue weighted by Crippen LogP contribution is -2.42. The number of carbonyl (C=O) groups is 1. The number of aromatic nitrogens is 1. The Kier molecular flexibility index (Phi) is 4.53. The van der Waals surface area contributed by atoms with E-state index in [-0.39, 0.29) is 24.6 Å². The van der Waals surface area contributed by atoms with Crippen LogP contribution < -0.4 is 0 Å². The van der Waals surface area contributed by atoms with Crippen LogP contribution in [0.5, 0.6) is 0 Å². The topological polar surface area (TPSA) is 42.4 Å². The molecule has 1 saturated heterocycles. The number of halogens is 3. The molecule has 3 rings (SSSR count). The predicted octanol–water partition coefficient (Wildman–Crippen LogP) is 3.31. The Balaban J connectivity index is 1.83. The van der Waals surface area contributed by atoms with Gasteiger partial charge in [-0.2, -0.15) is 13.2 Å². The first kappa shape index (κ1) is 16.4. The number of rotatable bonds is 2. The van der Waals surface area contributed by atoms with Gasteiger partial charge in [0, 0.05) is 24.5 Å². The quantitative estimate of drug-likeness (QED) is 0.845. The Morgan fingerprint density at radius 3 is 2.58 bits per heavy atom. The summed E-state index contributed by atoms with van der Waals surface area (Å²) in [6, 6.07) is 8.47. The maximum atomic E-state index is 13.2. The molecule has 126 valence electrons. The second kappa shape index (κ2) is 6.60. The lowest BCUT2D eigenvalue weighted by molar-refractivity contribution is -0.140. The highest BCUT2D eigenvalue weighted by molar-refractivity contribution is 5.94. The summed E-state index contributed by atoms with van der Waals surface area (Å²) in [4.78, 5) is 17.8. The third-order valence-electron chi connectivity index (χ3n) is 3.89. The van der Waals surface area contributed by atoms with Crippen LogP contribution in [0.4, 0.5) is 13.2 Å². The van der Waals surface area contributed by atoms with Crippen molar-refractivity contribution in [3.63, 3.8) is 0 Å². The van der Waals surface area contributed by atoms with Gasteiger partial charge in [-0.1, -0.05) is 18.2 Å². The van der Waals surface area contributed by atoms with Gasteiger partial charge in [0.15, 0.2) is 0 Å². The monoisotopic (exact) mass is 336 g/mol. The molecule has 7 heteroatoms. The summed E-state index contributed by atoms with van der Waals surface area (Å²) in [6.45, 7) is 0.605. The average molecular weight is 336 g/mol. The van der Waals surface area contributed by atoms with Crippen molar-refractivity contribution in [2.45, 2.75) is 12.3 Å². The number of pyridine rings is 1. The van der Waals surface area contributed by atoms with Gasteiger partial charge >= 0.3 is 6.18 Å². The van der Waals surface area contributed by atoms with Gasteiger partial charge in [0.05, 0.1) is 18.7 Å². The summed E-state index contributed by atoms with van der Waals surface area (Å²) in [6.07, 6.45) is -2.26. The van der Waals surface area contributed by atoms with Gasteiger partial charge in [0.25, 0.3) is 5.91 Å². The van der Waals surface area contributed by atoms with Gasteiger partial charge in [-0.25, -0.2) is 0 Å². The van der Waals surface area contributed by atoms with Crippen molar-refractivity contribution in [3.8, 4) is 0 Å². The highest BCUT2D eigenvalue weighted by atomic mass is 19.4. The van der Waals surface area contributed by atoms with Crippen molar-refractivity contribution in [1.82, 2.24) is 9.88 Å². The molecule has 0 spiro atoms. The van der Waals surface area contributed by atoms with Crippen LogP contribution in [0.1, 0.15) is 27.6 Å². The molecule has 1 amide bonds. The Labute approximate surface area is 136 Å². The Hall–Kier alpha value is -2.41. The zero-order chi connectivity index (χ0) is 17.2. The standard InChI is InChI=1S/C17H15F3N2O2/c18-17(19,20)14-4-2-1-3-13(14)15-11-22(9-10-24-15)16(23)12-5-7-21-8-6-12/h1-8,15H,9-11H2. The predicted molar refractivity (Wildman–Crippen MR) is 80.3 cm³/mol. The van der Waals surface area contributed by atoms with E-state index in [2.05, 4.69) is 4.98 Å². The molecule has 0 aliphatic carbocycles. The molecule has 0 bridgehead atoms.